The molecule has 1 N–H and O–H groups in total. The van der Waals surface area contributed by atoms with E-state index in [2.05, 4.69) is 25.7 Å². The molecule has 0 radical (unpaired) electrons. The zero-order chi connectivity index (χ0) is 21.6. The molecule has 1 aliphatic carbocycles. The minimum absolute atomic E-state index is 0.135. The molecule has 31 heavy (non-hydrogen) atoms. The Morgan fingerprint density at radius 2 is 1.94 bits per heavy atom. The van der Waals surface area contributed by atoms with Gasteiger partial charge in [0.15, 0.2) is 11.0 Å². The second-order valence-electron chi connectivity index (χ2n) is 7.29. The van der Waals surface area contributed by atoms with Gasteiger partial charge in [0.1, 0.15) is 10.8 Å². The Kier molecular flexibility index (Phi) is 7.18. The Bertz CT molecular complexity index is 1010. The fraction of sp³-hybridized carbons (Fsp3) is 0.476. The molecule has 0 saturated heterocycles. The first-order chi connectivity index (χ1) is 15.2. The molecule has 0 bridgehead atoms. The second-order valence-corrected chi connectivity index (χ2v) is 9.30. The SMILES string of the molecule is CCc1nnc(NC(=O)CSc2nnc(-c3ccc(OC4CCCC4)cc3)n2CC)s1. The van der Waals surface area contributed by atoms with Gasteiger partial charge in [-0.1, -0.05) is 30.0 Å². The van der Waals surface area contributed by atoms with Gasteiger partial charge < -0.3 is 9.30 Å². The minimum atomic E-state index is -0.135. The summed E-state index contributed by atoms with van der Waals surface area (Å²) < 4.78 is 8.07. The van der Waals surface area contributed by atoms with E-state index in [-0.39, 0.29) is 11.7 Å². The molecule has 3 aromatic rings. The largest absolute Gasteiger partial charge is 0.490 e. The van der Waals surface area contributed by atoms with Crippen LogP contribution in [0.4, 0.5) is 5.13 Å². The molecule has 4 rings (SSSR count). The van der Waals surface area contributed by atoms with Crippen molar-refractivity contribution in [1.82, 2.24) is 25.0 Å². The van der Waals surface area contributed by atoms with E-state index in [0.717, 1.165) is 41.4 Å². The van der Waals surface area contributed by atoms with Crippen LogP contribution in [0, 0.1) is 0 Å². The van der Waals surface area contributed by atoms with Crippen molar-refractivity contribution < 1.29 is 9.53 Å². The Hall–Kier alpha value is -2.46. The average Bonchev–Trinajstić information content (AvgIpc) is 3.54. The quantitative estimate of drug-likeness (QED) is 0.474. The first-order valence-corrected chi connectivity index (χ1v) is 12.4. The molecule has 2 aromatic heterocycles. The topological polar surface area (TPSA) is 94.8 Å². The maximum atomic E-state index is 12.3. The molecule has 1 amide bonds. The maximum Gasteiger partial charge on any atom is 0.236 e. The lowest BCUT2D eigenvalue weighted by Gasteiger charge is -2.13. The van der Waals surface area contributed by atoms with Crippen molar-refractivity contribution in [3.8, 4) is 17.1 Å². The van der Waals surface area contributed by atoms with Crippen molar-refractivity contribution >= 4 is 34.1 Å². The lowest BCUT2D eigenvalue weighted by atomic mass is 10.2. The van der Waals surface area contributed by atoms with Gasteiger partial charge in [0.05, 0.1) is 11.9 Å². The normalized spacial score (nSPS) is 14.1. The number of hydrogen-bond donors (Lipinski definition) is 1. The molecule has 0 spiro atoms. The number of carbonyl (C=O) groups excluding carboxylic acids is 1. The van der Waals surface area contributed by atoms with E-state index in [1.54, 1.807) is 0 Å². The van der Waals surface area contributed by atoms with E-state index in [0.29, 0.717) is 22.9 Å². The highest BCUT2D eigenvalue weighted by atomic mass is 32.2. The van der Waals surface area contributed by atoms with Gasteiger partial charge in [0, 0.05) is 12.1 Å². The summed E-state index contributed by atoms with van der Waals surface area (Å²) in [5.74, 6) is 1.78. The summed E-state index contributed by atoms with van der Waals surface area (Å²) in [6.07, 6.45) is 5.92. The lowest BCUT2D eigenvalue weighted by Crippen LogP contribution is -2.14. The van der Waals surface area contributed by atoms with E-state index >= 15 is 0 Å². The number of hydrogen-bond acceptors (Lipinski definition) is 8. The van der Waals surface area contributed by atoms with Crippen molar-refractivity contribution in [2.75, 3.05) is 11.1 Å². The highest BCUT2D eigenvalue weighted by molar-refractivity contribution is 7.99. The molecule has 10 heteroatoms. The van der Waals surface area contributed by atoms with Gasteiger partial charge in [-0.3, -0.25) is 10.1 Å². The van der Waals surface area contributed by atoms with E-state index in [9.17, 15) is 4.79 Å². The van der Waals surface area contributed by atoms with Crippen molar-refractivity contribution in [1.29, 1.82) is 0 Å². The zero-order valence-electron chi connectivity index (χ0n) is 17.7. The summed E-state index contributed by atoms with van der Waals surface area (Å²) in [6, 6.07) is 8.02. The highest BCUT2D eigenvalue weighted by Crippen LogP contribution is 2.28. The van der Waals surface area contributed by atoms with Crippen LogP contribution in [0.5, 0.6) is 5.75 Å². The maximum absolute atomic E-state index is 12.3. The summed E-state index contributed by atoms with van der Waals surface area (Å²) in [4.78, 5) is 12.3. The van der Waals surface area contributed by atoms with Crippen molar-refractivity contribution in [2.45, 2.75) is 63.8 Å². The van der Waals surface area contributed by atoms with Crippen LogP contribution in [0.3, 0.4) is 0 Å². The Morgan fingerprint density at radius 3 is 2.61 bits per heavy atom. The summed E-state index contributed by atoms with van der Waals surface area (Å²) in [6.45, 7) is 4.76. The number of nitrogens with zero attached hydrogens (tertiary/aromatic N) is 5. The first-order valence-electron chi connectivity index (χ1n) is 10.6. The smallest absolute Gasteiger partial charge is 0.236 e. The number of anilines is 1. The van der Waals surface area contributed by atoms with Gasteiger partial charge in [0.25, 0.3) is 0 Å². The predicted octanol–water partition coefficient (Wildman–Crippen LogP) is 4.43. The van der Waals surface area contributed by atoms with Gasteiger partial charge in [-0.05, 0) is 63.3 Å². The molecule has 0 unspecified atom stereocenters. The Morgan fingerprint density at radius 1 is 1.16 bits per heavy atom. The van der Waals surface area contributed by atoms with Crippen LogP contribution in [0.1, 0.15) is 44.5 Å². The molecule has 0 atom stereocenters. The third kappa shape index (κ3) is 5.43. The molecule has 8 nitrogen and oxygen atoms in total. The van der Waals surface area contributed by atoms with Crippen LogP contribution in [0.25, 0.3) is 11.4 Å². The third-order valence-corrected chi connectivity index (χ3v) is 7.05. The van der Waals surface area contributed by atoms with Crippen LogP contribution in [-0.4, -0.2) is 42.7 Å². The number of rotatable bonds is 9. The number of amides is 1. The van der Waals surface area contributed by atoms with Crippen molar-refractivity contribution in [3.63, 3.8) is 0 Å². The summed E-state index contributed by atoms with van der Waals surface area (Å²) in [5.41, 5.74) is 0.977. The Labute approximate surface area is 189 Å². The van der Waals surface area contributed by atoms with Gasteiger partial charge in [-0.2, -0.15) is 0 Å². The van der Waals surface area contributed by atoms with Crippen LogP contribution in [-0.2, 0) is 17.8 Å². The standard InChI is InChI=1S/C21H26N6O2S2/c1-3-18-23-25-20(31-18)22-17(28)13-30-21-26-24-19(27(21)4-2)14-9-11-16(12-10-14)29-15-7-5-6-8-15/h9-12,15H,3-8,13H2,1-2H3,(H,22,25,28). The first kappa shape index (κ1) is 21.8. The van der Waals surface area contributed by atoms with Crippen molar-refractivity contribution in [3.05, 3.63) is 29.3 Å². The summed E-state index contributed by atoms with van der Waals surface area (Å²) in [5, 5.41) is 21.6. The minimum Gasteiger partial charge on any atom is -0.490 e. The third-order valence-electron chi connectivity index (χ3n) is 5.10. The molecule has 1 fully saturated rings. The number of thioether (sulfide) groups is 1. The molecule has 1 aromatic carbocycles. The number of benzene rings is 1. The second kappa shape index (κ2) is 10.2. The number of nitrogens with one attached hydrogen (secondary N) is 1. The number of ether oxygens (including phenoxy) is 1. The number of aryl methyl sites for hydroxylation is 1. The molecular formula is C21H26N6O2S2. The summed E-state index contributed by atoms with van der Waals surface area (Å²) >= 11 is 2.76. The van der Waals surface area contributed by atoms with Crippen LogP contribution >= 0.6 is 23.1 Å². The Balaban J connectivity index is 1.38. The highest BCUT2D eigenvalue weighted by Gasteiger charge is 2.18. The predicted molar refractivity (Wildman–Crippen MR) is 123 cm³/mol. The molecule has 0 aliphatic heterocycles. The molecular weight excluding hydrogens is 432 g/mol. The molecule has 1 aliphatic rings. The van der Waals surface area contributed by atoms with Gasteiger partial charge in [-0.25, -0.2) is 0 Å². The van der Waals surface area contributed by atoms with E-state index in [1.165, 1.54) is 35.9 Å². The van der Waals surface area contributed by atoms with Crippen molar-refractivity contribution in [2.24, 2.45) is 0 Å². The number of aromatic nitrogens is 5. The van der Waals surface area contributed by atoms with Gasteiger partial charge >= 0.3 is 0 Å². The fourth-order valence-electron chi connectivity index (χ4n) is 3.51. The molecule has 1 saturated carbocycles. The lowest BCUT2D eigenvalue weighted by molar-refractivity contribution is -0.113. The number of carbonyl (C=O) groups is 1. The summed E-state index contributed by atoms with van der Waals surface area (Å²) in [7, 11) is 0. The van der Waals surface area contributed by atoms with Gasteiger partial charge in [-0.15, -0.1) is 20.4 Å². The van der Waals surface area contributed by atoms with E-state index in [1.807, 2.05) is 42.7 Å². The average molecular weight is 459 g/mol. The molecule has 164 valence electrons. The van der Waals surface area contributed by atoms with E-state index in [4.69, 9.17) is 4.74 Å². The fourth-order valence-corrected chi connectivity index (χ4v) is 5.01. The monoisotopic (exact) mass is 458 g/mol. The zero-order valence-corrected chi connectivity index (χ0v) is 19.3. The van der Waals surface area contributed by atoms with Crippen LogP contribution in [0.2, 0.25) is 0 Å². The molecule has 2 heterocycles. The van der Waals surface area contributed by atoms with E-state index < -0.39 is 0 Å². The van der Waals surface area contributed by atoms with Gasteiger partial charge in [0.2, 0.25) is 11.0 Å². The van der Waals surface area contributed by atoms with Crippen LogP contribution in [0.15, 0.2) is 29.4 Å². The van der Waals surface area contributed by atoms with Crippen LogP contribution < -0.4 is 10.1 Å².